The third-order valence-corrected chi connectivity index (χ3v) is 2.65. The molecule has 6 heteroatoms. The lowest BCUT2D eigenvalue weighted by atomic mass is 10.3. The highest BCUT2D eigenvalue weighted by Gasteiger charge is 2.17. The third kappa shape index (κ3) is 2.17. The van der Waals surface area contributed by atoms with Gasteiger partial charge in [0.25, 0.3) is 5.91 Å². The number of aromatic nitrogens is 2. The summed E-state index contributed by atoms with van der Waals surface area (Å²) in [6.45, 7) is 3.30. The molecule has 0 fully saturated rings. The van der Waals surface area contributed by atoms with Gasteiger partial charge in [-0.15, -0.1) is 0 Å². The molecule has 2 rings (SSSR count). The summed E-state index contributed by atoms with van der Waals surface area (Å²) in [5.41, 5.74) is 1.81. The molecule has 2 heterocycles. The molecule has 1 atom stereocenters. The molecule has 1 unspecified atom stereocenters. The topological polar surface area (TPSA) is 83.7 Å². The van der Waals surface area contributed by atoms with E-state index in [9.17, 15) is 9.59 Å². The van der Waals surface area contributed by atoms with E-state index in [1.54, 1.807) is 16.7 Å². The first-order chi connectivity index (χ1) is 8.49. The smallest absolute Gasteiger partial charge is 0.325 e. The number of nitrogens with one attached hydrogen (secondary N) is 1. The van der Waals surface area contributed by atoms with Crippen molar-refractivity contribution in [2.75, 3.05) is 0 Å². The predicted octanol–water partition coefficient (Wildman–Crippen LogP) is 0.846. The lowest BCUT2D eigenvalue weighted by molar-refractivity contribution is -0.138. The van der Waals surface area contributed by atoms with Gasteiger partial charge >= 0.3 is 5.97 Å². The number of amides is 1. The van der Waals surface area contributed by atoms with Gasteiger partial charge in [-0.3, -0.25) is 9.59 Å². The molecule has 0 saturated heterocycles. The van der Waals surface area contributed by atoms with Crippen LogP contribution in [0.2, 0.25) is 0 Å². The van der Waals surface area contributed by atoms with Crippen LogP contribution < -0.4 is 5.32 Å². The number of imidazole rings is 1. The first-order valence-electron chi connectivity index (χ1n) is 5.47. The molecule has 0 aliphatic rings. The van der Waals surface area contributed by atoms with Gasteiger partial charge in [-0.05, 0) is 26.0 Å². The number of aliphatic carboxylic acids is 1. The van der Waals surface area contributed by atoms with E-state index in [0.717, 1.165) is 5.69 Å². The summed E-state index contributed by atoms with van der Waals surface area (Å²) in [5.74, 6) is -1.57. The van der Waals surface area contributed by atoms with Crippen LogP contribution in [0.25, 0.3) is 5.65 Å². The molecule has 0 bridgehead atoms. The van der Waals surface area contributed by atoms with E-state index in [2.05, 4.69) is 10.3 Å². The van der Waals surface area contributed by atoms with Crippen LogP contribution in [0.15, 0.2) is 24.4 Å². The maximum Gasteiger partial charge on any atom is 0.325 e. The molecule has 2 aromatic heterocycles. The van der Waals surface area contributed by atoms with Crippen LogP contribution in [-0.4, -0.2) is 32.4 Å². The van der Waals surface area contributed by atoms with E-state index in [1.807, 2.05) is 19.1 Å². The van der Waals surface area contributed by atoms with Crippen LogP contribution in [0.1, 0.15) is 23.1 Å². The minimum absolute atomic E-state index is 0.206. The average Bonchev–Trinajstić information content (AvgIpc) is 2.74. The van der Waals surface area contributed by atoms with E-state index in [1.165, 1.54) is 6.92 Å². The van der Waals surface area contributed by atoms with Gasteiger partial charge in [-0.1, -0.05) is 6.07 Å². The molecular weight excluding hydrogens is 234 g/mol. The number of nitrogens with zero attached hydrogens (tertiary/aromatic N) is 2. The van der Waals surface area contributed by atoms with Crippen molar-refractivity contribution in [1.29, 1.82) is 0 Å². The van der Waals surface area contributed by atoms with Gasteiger partial charge in [0, 0.05) is 11.9 Å². The van der Waals surface area contributed by atoms with Crippen molar-refractivity contribution in [1.82, 2.24) is 14.7 Å². The summed E-state index contributed by atoms with van der Waals surface area (Å²) >= 11 is 0. The van der Waals surface area contributed by atoms with Gasteiger partial charge in [-0.2, -0.15) is 0 Å². The number of carboxylic acid groups (broad SMARTS) is 1. The van der Waals surface area contributed by atoms with Gasteiger partial charge < -0.3 is 14.8 Å². The maximum atomic E-state index is 11.8. The number of carbonyl (C=O) groups excluding carboxylic acids is 1. The summed E-state index contributed by atoms with van der Waals surface area (Å²) in [6, 6.07) is 4.59. The van der Waals surface area contributed by atoms with Crippen molar-refractivity contribution >= 4 is 17.5 Å². The summed E-state index contributed by atoms with van der Waals surface area (Å²) in [6.07, 6.45) is 1.59. The van der Waals surface area contributed by atoms with Crippen molar-refractivity contribution < 1.29 is 14.7 Å². The van der Waals surface area contributed by atoms with Crippen LogP contribution >= 0.6 is 0 Å². The number of pyridine rings is 1. The zero-order chi connectivity index (χ0) is 13.3. The molecule has 94 valence electrons. The summed E-state index contributed by atoms with van der Waals surface area (Å²) in [7, 11) is 0. The molecule has 0 aliphatic heterocycles. The summed E-state index contributed by atoms with van der Waals surface area (Å²) < 4.78 is 1.78. The average molecular weight is 247 g/mol. The van der Waals surface area contributed by atoms with Gasteiger partial charge in [0.15, 0.2) is 0 Å². The molecular formula is C12H13N3O3. The van der Waals surface area contributed by atoms with Crippen molar-refractivity contribution in [2.24, 2.45) is 0 Å². The number of fused-ring (bicyclic) bond motifs is 1. The fourth-order valence-electron chi connectivity index (χ4n) is 1.59. The number of carboxylic acids is 1. The van der Waals surface area contributed by atoms with Gasteiger partial charge in [0.1, 0.15) is 17.4 Å². The maximum absolute atomic E-state index is 11.8. The Morgan fingerprint density at radius 2 is 2.17 bits per heavy atom. The van der Waals surface area contributed by atoms with E-state index < -0.39 is 17.9 Å². The molecule has 18 heavy (non-hydrogen) atoms. The van der Waals surface area contributed by atoms with Crippen molar-refractivity contribution in [3.8, 4) is 0 Å². The highest BCUT2D eigenvalue weighted by molar-refractivity contribution is 5.95. The Balaban J connectivity index is 2.29. The molecule has 2 aromatic rings. The SMILES string of the molecule is Cc1cccc2nc(C(=O)NC(C)C(=O)O)cn12. The van der Waals surface area contributed by atoms with Crippen molar-refractivity contribution in [3.05, 3.63) is 35.8 Å². The third-order valence-electron chi connectivity index (χ3n) is 2.65. The minimum Gasteiger partial charge on any atom is -0.480 e. The Hall–Kier alpha value is -2.37. The number of carbonyl (C=O) groups is 2. The second-order valence-electron chi connectivity index (χ2n) is 4.05. The van der Waals surface area contributed by atoms with Gasteiger partial charge in [-0.25, -0.2) is 4.98 Å². The Kier molecular flexibility index (Phi) is 3.01. The first-order valence-corrected chi connectivity index (χ1v) is 5.47. The lowest BCUT2D eigenvalue weighted by Crippen LogP contribution is -2.38. The standard InChI is InChI=1S/C12H13N3O3/c1-7-4-3-5-10-14-9(6-15(7)10)11(16)13-8(2)12(17)18/h3-6,8H,1-2H3,(H,13,16)(H,17,18). The van der Waals surface area contributed by atoms with Crippen molar-refractivity contribution in [2.45, 2.75) is 19.9 Å². The highest BCUT2D eigenvalue weighted by Crippen LogP contribution is 2.08. The largest absolute Gasteiger partial charge is 0.480 e. The van der Waals surface area contributed by atoms with Crippen LogP contribution in [0.3, 0.4) is 0 Å². The van der Waals surface area contributed by atoms with Crippen LogP contribution in [0.5, 0.6) is 0 Å². The zero-order valence-corrected chi connectivity index (χ0v) is 10.0. The molecule has 0 saturated carbocycles. The number of aryl methyl sites for hydroxylation is 1. The molecule has 6 nitrogen and oxygen atoms in total. The normalized spacial score (nSPS) is 12.3. The van der Waals surface area contributed by atoms with Gasteiger partial charge in [0.05, 0.1) is 0 Å². The quantitative estimate of drug-likeness (QED) is 0.842. The molecule has 1 amide bonds. The second kappa shape index (κ2) is 4.48. The van der Waals surface area contributed by atoms with Gasteiger partial charge in [0.2, 0.25) is 0 Å². The van der Waals surface area contributed by atoms with E-state index in [0.29, 0.717) is 5.65 Å². The number of hydrogen-bond acceptors (Lipinski definition) is 3. The summed E-state index contributed by atoms with van der Waals surface area (Å²) in [5, 5.41) is 11.1. The first kappa shape index (κ1) is 12.1. The lowest BCUT2D eigenvalue weighted by Gasteiger charge is -2.06. The Labute approximate surface area is 103 Å². The van der Waals surface area contributed by atoms with E-state index in [4.69, 9.17) is 5.11 Å². The molecule has 0 aliphatic carbocycles. The molecule has 0 spiro atoms. The molecule has 2 N–H and O–H groups in total. The van der Waals surface area contributed by atoms with E-state index in [-0.39, 0.29) is 5.69 Å². The highest BCUT2D eigenvalue weighted by atomic mass is 16.4. The Bertz CT molecular complexity index is 618. The summed E-state index contributed by atoms with van der Waals surface area (Å²) in [4.78, 5) is 26.6. The van der Waals surface area contributed by atoms with Crippen molar-refractivity contribution in [3.63, 3.8) is 0 Å². The number of hydrogen-bond donors (Lipinski definition) is 2. The number of rotatable bonds is 3. The Morgan fingerprint density at radius 3 is 2.78 bits per heavy atom. The Morgan fingerprint density at radius 1 is 1.44 bits per heavy atom. The fraction of sp³-hybridized carbons (Fsp3) is 0.250. The van der Waals surface area contributed by atoms with E-state index >= 15 is 0 Å². The second-order valence-corrected chi connectivity index (χ2v) is 4.05. The minimum atomic E-state index is -1.08. The monoisotopic (exact) mass is 247 g/mol. The van der Waals surface area contributed by atoms with Crippen LogP contribution in [0, 0.1) is 6.92 Å². The predicted molar refractivity (Wildman–Crippen MR) is 64.5 cm³/mol. The van der Waals surface area contributed by atoms with Crippen LogP contribution in [-0.2, 0) is 4.79 Å². The van der Waals surface area contributed by atoms with Crippen LogP contribution in [0.4, 0.5) is 0 Å². The fourth-order valence-corrected chi connectivity index (χ4v) is 1.59. The molecule has 0 aromatic carbocycles. The molecule has 0 radical (unpaired) electrons. The zero-order valence-electron chi connectivity index (χ0n) is 10.0.